The van der Waals surface area contributed by atoms with Crippen LogP contribution in [0.4, 0.5) is 0 Å². The van der Waals surface area contributed by atoms with E-state index in [1.54, 1.807) is 0 Å². The first-order valence-electron chi connectivity index (χ1n) is 6.48. The van der Waals surface area contributed by atoms with Crippen molar-refractivity contribution in [2.75, 3.05) is 26.2 Å². The minimum atomic E-state index is 0.340. The number of oxime groups is 1. The number of piperazine rings is 1. The molecule has 3 rings (SSSR count). The third-order valence-corrected chi connectivity index (χ3v) is 4.65. The lowest BCUT2D eigenvalue weighted by Gasteiger charge is -2.39. The highest BCUT2D eigenvalue weighted by molar-refractivity contribution is 5.94. The molecule has 3 atom stereocenters. The predicted octanol–water partition coefficient (Wildman–Crippen LogP) is 0.389. The van der Waals surface area contributed by atoms with Crippen LogP contribution in [-0.4, -0.2) is 59.3 Å². The Kier molecular flexibility index (Phi) is 2.78. The second-order valence-corrected chi connectivity index (χ2v) is 5.42. The molecule has 0 aromatic rings. The molecule has 5 heteroatoms. The average Bonchev–Trinajstić information content (AvgIpc) is 2.98. The van der Waals surface area contributed by atoms with Crippen LogP contribution in [0.3, 0.4) is 0 Å². The van der Waals surface area contributed by atoms with Crippen molar-refractivity contribution in [2.45, 2.75) is 25.3 Å². The van der Waals surface area contributed by atoms with Crippen LogP contribution < -0.4 is 0 Å². The minimum Gasteiger partial charge on any atom is -0.411 e. The lowest BCUT2D eigenvalue weighted by Crippen LogP contribution is -2.54. The Morgan fingerprint density at radius 3 is 2.65 bits per heavy atom. The third kappa shape index (κ3) is 1.73. The zero-order chi connectivity index (χ0) is 11.8. The van der Waals surface area contributed by atoms with Crippen molar-refractivity contribution in [3.05, 3.63) is 0 Å². The molecule has 94 valence electrons. The Hall–Kier alpha value is -1.10. The van der Waals surface area contributed by atoms with E-state index in [9.17, 15) is 10.0 Å². The van der Waals surface area contributed by atoms with Gasteiger partial charge in [-0.15, -0.1) is 0 Å². The fourth-order valence-electron chi connectivity index (χ4n) is 3.80. The van der Waals surface area contributed by atoms with E-state index in [0.717, 1.165) is 38.3 Å². The summed E-state index contributed by atoms with van der Waals surface area (Å²) < 4.78 is 0. The maximum absolute atomic E-state index is 10.7. The van der Waals surface area contributed by atoms with Gasteiger partial charge in [0.05, 0.1) is 11.8 Å². The molecule has 0 unspecified atom stereocenters. The van der Waals surface area contributed by atoms with Crippen molar-refractivity contribution in [1.29, 1.82) is 0 Å². The summed E-state index contributed by atoms with van der Waals surface area (Å²) in [7, 11) is 0. The first-order valence-corrected chi connectivity index (χ1v) is 6.48. The SMILES string of the molecule is O=CN1CCN([C@@H]2/C(=N/O)[C@H]3CC[C@H]2C3)CC1. The standard InChI is InChI=1S/C12H19N3O2/c16-8-14-3-5-15(6-4-14)12-10-2-1-9(7-10)11(12)13-17/h8-10,12,17H,1-7H2/b13-11+/t9-,10-,12-/m0/s1. The number of amides is 1. The normalized spacial score (nSPS) is 40.1. The van der Waals surface area contributed by atoms with Gasteiger partial charge in [0.15, 0.2) is 0 Å². The summed E-state index contributed by atoms with van der Waals surface area (Å²) in [6.45, 7) is 3.42. The van der Waals surface area contributed by atoms with Gasteiger partial charge in [0.2, 0.25) is 6.41 Å². The molecule has 0 spiro atoms. The smallest absolute Gasteiger partial charge is 0.209 e. The van der Waals surface area contributed by atoms with Gasteiger partial charge >= 0.3 is 0 Å². The summed E-state index contributed by atoms with van der Waals surface area (Å²) in [5.74, 6) is 1.19. The van der Waals surface area contributed by atoms with Gasteiger partial charge in [0.1, 0.15) is 0 Å². The molecular weight excluding hydrogens is 218 g/mol. The molecule has 3 aliphatic rings. The van der Waals surface area contributed by atoms with Crippen molar-refractivity contribution in [2.24, 2.45) is 17.0 Å². The number of hydrogen-bond acceptors (Lipinski definition) is 4. The van der Waals surface area contributed by atoms with Gasteiger partial charge in [-0.2, -0.15) is 0 Å². The highest BCUT2D eigenvalue weighted by Crippen LogP contribution is 2.45. The molecule has 1 N–H and O–H groups in total. The van der Waals surface area contributed by atoms with Crippen molar-refractivity contribution < 1.29 is 10.0 Å². The molecule has 0 radical (unpaired) electrons. The second kappa shape index (κ2) is 4.29. The van der Waals surface area contributed by atoms with Crippen LogP contribution in [0.25, 0.3) is 0 Å². The lowest BCUT2D eigenvalue weighted by molar-refractivity contribution is -0.119. The molecule has 2 saturated carbocycles. The summed E-state index contributed by atoms with van der Waals surface area (Å²) in [5.41, 5.74) is 1.00. The fraction of sp³-hybridized carbons (Fsp3) is 0.833. The first-order chi connectivity index (χ1) is 8.33. The highest BCUT2D eigenvalue weighted by Gasteiger charge is 2.48. The molecule has 3 fully saturated rings. The van der Waals surface area contributed by atoms with Crippen LogP contribution in [0.1, 0.15) is 19.3 Å². The average molecular weight is 237 g/mol. The minimum absolute atomic E-state index is 0.340. The molecule has 5 nitrogen and oxygen atoms in total. The maximum atomic E-state index is 10.7. The number of carbonyl (C=O) groups is 1. The van der Waals surface area contributed by atoms with E-state index in [0.29, 0.717) is 17.9 Å². The quantitative estimate of drug-likeness (QED) is 0.429. The van der Waals surface area contributed by atoms with Gasteiger partial charge in [-0.05, 0) is 25.2 Å². The van der Waals surface area contributed by atoms with E-state index in [4.69, 9.17) is 0 Å². The van der Waals surface area contributed by atoms with Gasteiger partial charge in [0.25, 0.3) is 0 Å². The van der Waals surface area contributed by atoms with E-state index in [1.807, 2.05) is 4.90 Å². The van der Waals surface area contributed by atoms with Crippen molar-refractivity contribution in [3.8, 4) is 0 Å². The Morgan fingerprint density at radius 2 is 2.00 bits per heavy atom. The summed E-state index contributed by atoms with van der Waals surface area (Å²) in [5, 5.41) is 12.7. The topological polar surface area (TPSA) is 56.1 Å². The number of nitrogens with zero attached hydrogens (tertiary/aromatic N) is 3. The molecule has 0 aromatic carbocycles. The number of fused-ring (bicyclic) bond motifs is 2. The van der Waals surface area contributed by atoms with E-state index >= 15 is 0 Å². The van der Waals surface area contributed by atoms with Crippen molar-refractivity contribution in [1.82, 2.24) is 9.80 Å². The van der Waals surface area contributed by atoms with E-state index in [1.165, 1.54) is 19.3 Å². The van der Waals surface area contributed by atoms with Crippen LogP contribution in [-0.2, 0) is 4.79 Å². The lowest BCUT2D eigenvalue weighted by atomic mass is 9.91. The molecule has 2 bridgehead atoms. The molecule has 1 heterocycles. The maximum Gasteiger partial charge on any atom is 0.209 e. The second-order valence-electron chi connectivity index (χ2n) is 5.42. The largest absolute Gasteiger partial charge is 0.411 e. The molecular formula is C12H19N3O2. The zero-order valence-electron chi connectivity index (χ0n) is 9.96. The van der Waals surface area contributed by atoms with Gasteiger partial charge in [-0.25, -0.2) is 0 Å². The van der Waals surface area contributed by atoms with Crippen LogP contribution in [0, 0.1) is 11.8 Å². The first kappa shape index (κ1) is 11.0. The number of hydrogen-bond donors (Lipinski definition) is 1. The van der Waals surface area contributed by atoms with Crippen LogP contribution in [0.5, 0.6) is 0 Å². The number of rotatable bonds is 2. The Bertz CT molecular complexity index is 337. The molecule has 1 aliphatic heterocycles. The van der Waals surface area contributed by atoms with Gasteiger partial charge in [-0.3, -0.25) is 9.69 Å². The molecule has 17 heavy (non-hydrogen) atoms. The van der Waals surface area contributed by atoms with Gasteiger partial charge in [0, 0.05) is 32.1 Å². The molecule has 1 amide bonds. The molecule has 1 saturated heterocycles. The third-order valence-electron chi connectivity index (χ3n) is 4.65. The summed E-state index contributed by atoms with van der Waals surface area (Å²) in [4.78, 5) is 14.9. The molecule has 0 aromatic heterocycles. The Balaban J connectivity index is 1.70. The van der Waals surface area contributed by atoms with Crippen LogP contribution in [0.15, 0.2) is 5.16 Å². The van der Waals surface area contributed by atoms with E-state index in [-0.39, 0.29) is 0 Å². The molecule has 2 aliphatic carbocycles. The monoisotopic (exact) mass is 237 g/mol. The fourth-order valence-corrected chi connectivity index (χ4v) is 3.80. The van der Waals surface area contributed by atoms with Gasteiger partial charge in [-0.1, -0.05) is 5.16 Å². The Labute approximate surface area is 101 Å². The Morgan fingerprint density at radius 1 is 1.24 bits per heavy atom. The van der Waals surface area contributed by atoms with E-state index in [2.05, 4.69) is 10.1 Å². The number of carbonyl (C=O) groups excluding carboxylic acids is 1. The zero-order valence-corrected chi connectivity index (χ0v) is 9.96. The van der Waals surface area contributed by atoms with Gasteiger partial charge < -0.3 is 10.1 Å². The van der Waals surface area contributed by atoms with Crippen LogP contribution >= 0.6 is 0 Å². The highest BCUT2D eigenvalue weighted by atomic mass is 16.4. The summed E-state index contributed by atoms with van der Waals surface area (Å²) in [6, 6.07) is 0.340. The van der Waals surface area contributed by atoms with Crippen molar-refractivity contribution in [3.63, 3.8) is 0 Å². The van der Waals surface area contributed by atoms with Crippen molar-refractivity contribution >= 4 is 12.1 Å². The summed E-state index contributed by atoms with van der Waals surface area (Å²) in [6.07, 6.45) is 4.58. The summed E-state index contributed by atoms with van der Waals surface area (Å²) >= 11 is 0. The predicted molar refractivity (Wildman–Crippen MR) is 63.1 cm³/mol. The van der Waals surface area contributed by atoms with Crippen LogP contribution in [0.2, 0.25) is 0 Å². The van der Waals surface area contributed by atoms with E-state index < -0.39 is 0 Å².